The van der Waals surface area contributed by atoms with Crippen molar-refractivity contribution < 1.29 is 13.2 Å². The van der Waals surface area contributed by atoms with Gasteiger partial charge in [0.15, 0.2) is 0 Å². The van der Waals surface area contributed by atoms with Crippen LogP contribution in [0.5, 0.6) is 0 Å². The molecule has 6 nitrogen and oxygen atoms in total. The molecule has 2 aromatic carbocycles. The number of rotatable bonds is 8. The molecule has 0 fully saturated rings. The number of carbonyl (C=O) groups is 1. The zero-order valence-electron chi connectivity index (χ0n) is 16.6. The second-order valence-electron chi connectivity index (χ2n) is 6.56. The number of nitrogens with zero attached hydrogens (tertiary/aromatic N) is 2. The van der Waals surface area contributed by atoms with Gasteiger partial charge >= 0.3 is 0 Å². The van der Waals surface area contributed by atoms with Crippen LogP contribution in [0.3, 0.4) is 0 Å². The number of aromatic nitrogens is 1. The van der Waals surface area contributed by atoms with Crippen LogP contribution >= 0.6 is 0 Å². The summed E-state index contributed by atoms with van der Waals surface area (Å²) in [4.78, 5) is 12.8. The molecule has 152 valence electrons. The van der Waals surface area contributed by atoms with Gasteiger partial charge in [0.1, 0.15) is 0 Å². The Bertz CT molecular complexity index is 1050. The fourth-order valence-electron chi connectivity index (χ4n) is 3.09. The Balaban J connectivity index is 1.66. The van der Waals surface area contributed by atoms with Gasteiger partial charge in [-0.15, -0.1) is 0 Å². The van der Waals surface area contributed by atoms with Gasteiger partial charge in [-0.05, 0) is 48.0 Å². The van der Waals surface area contributed by atoms with Crippen LogP contribution in [0.2, 0.25) is 0 Å². The van der Waals surface area contributed by atoms with Crippen molar-refractivity contribution in [2.75, 3.05) is 13.1 Å². The smallest absolute Gasteiger partial charge is 0.251 e. The third kappa shape index (κ3) is 4.75. The van der Waals surface area contributed by atoms with Crippen molar-refractivity contribution in [1.82, 2.24) is 14.2 Å². The third-order valence-electron chi connectivity index (χ3n) is 4.73. The van der Waals surface area contributed by atoms with Gasteiger partial charge in [-0.3, -0.25) is 4.79 Å². The summed E-state index contributed by atoms with van der Waals surface area (Å²) in [7, 11) is -3.47. The van der Waals surface area contributed by atoms with Crippen molar-refractivity contribution in [2.24, 2.45) is 0 Å². The Morgan fingerprint density at radius 3 is 2.24 bits per heavy atom. The molecule has 0 saturated carbocycles. The van der Waals surface area contributed by atoms with Crippen LogP contribution in [-0.2, 0) is 16.6 Å². The van der Waals surface area contributed by atoms with Crippen molar-refractivity contribution in [3.63, 3.8) is 0 Å². The molecule has 1 heterocycles. The maximum Gasteiger partial charge on any atom is 0.251 e. The second kappa shape index (κ2) is 9.07. The summed E-state index contributed by atoms with van der Waals surface area (Å²) in [6.45, 7) is 4.81. The summed E-state index contributed by atoms with van der Waals surface area (Å²) in [5.74, 6) is -0.182. The van der Waals surface area contributed by atoms with Gasteiger partial charge in [0.2, 0.25) is 10.0 Å². The van der Waals surface area contributed by atoms with Crippen molar-refractivity contribution in [3.05, 3.63) is 84.2 Å². The number of hydrogen-bond donors (Lipinski definition) is 1. The lowest BCUT2D eigenvalue weighted by Crippen LogP contribution is -2.30. The van der Waals surface area contributed by atoms with E-state index in [4.69, 9.17) is 0 Å². The summed E-state index contributed by atoms with van der Waals surface area (Å²) in [5, 5.41) is 2.88. The first-order valence-electron chi connectivity index (χ1n) is 9.56. The molecule has 3 rings (SSSR count). The van der Waals surface area contributed by atoms with E-state index in [-0.39, 0.29) is 10.8 Å². The number of hydrogen-bond acceptors (Lipinski definition) is 3. The predicted molar refractivity (Wildman–Crippen MR) is 113 cm³/mol. The lowest BCUT2D eigenvalue weighted by atomic mass is 10.1. The highest BCUT2D eigenvalue weighted by molar-refractivity contribution is 7.89. The Morgan fingerprint density at radius 1 is 0.966 bits per heavy atom. The summed E-state index contributed by atoms with van der Waals surface area (Å²) < 4.78 is 28.4. The minimum absolute atomic E-state index is 0.182. The molecule has 1 aromatic heterocycles. The number of amides is 1. The van der Waals surface area contributed by atoms with Crippen molar-refractivity contribution in [2.45, 2.75) is 25.3 Å². The van der Waals surface area contributed by atoms with Gasteiger partial charge < -0.3 is 9.88 Å². The SMILES string of the molecule is CCN(CC)S(=O)(=O)c1ccc(CNC(=O)c2cccc(-n3cccc3)c2)cc1. The van der Waals surface area contributed by atoms with Crippen LogP contribution in [-0.4, -0.2) is 36.3 Å². The highest BCUT2D eigenvalue weighted by Crippen LogP contribution is 2.16. The van der Waals surface area contributed by atoms with Crippen LogP contribution in [0.4, 0.5) is 0 Å². The maximum absolute atomic E-state index is 12.5. The second-order valence-corrected chi connectivity index (χ2v) is 8.49. The lowest BCUT2D eigenvalue weighted by Gasteiger charge is -2.18. The van der Waals surface area contributed by atoms with Gasteiger partial charge in [-0.2, -0.15) is 4.31 Å². The Hall–Kier alpha value is -2.90. The van der Waals surface area contributed by atoms with Crippen LogP contribution in [0.1, 0.15) is 29.8 Å². The fraction of sp³-hybridized carbons (Fsp3) is 0.227. The van der Waals surface area contributed by atoms with Gasteiger partial charge in [-0.25, -0.2) is 8.42 Å². The monoisotopic (exact) mass is 411 g/mol. The first kappa shape index (κ1) is 20.8. The first-order chi connectivity index (χ1) is 14.0. The molecule has 0 radical (unpaired) electrons. The van der Waals surface area contributed by atoms with Gasteiger partial charge in [-0.1, -0.05) is 32.0 Å². The van der Waals surface area contributed by atoms with Crippen molar-refractivity contribution >= 4 is 15.9 Å². The molecular formula is C22H25N3O3S. The van der Waals surface area contributed by atoms with Crippen LogP contribution in [0, 0.1) is 0 Å². The van der Waals surface area contributed by atoms with E-state index >= 15 is 0 Å². The Kier molecular flexibility index (Phi) is 6.51. The number of sulfonamides is 1. The number of nitrogens with one attached hydrogen (secondary N) is 1. The van der Waals surface area contributed by atoms with E-state index in [1.165, 1.54) is 4.31 Å². The van der Waals surface area contributed by atoms with Crippen molar-refractivity contribution in [1.29, 1.82) is 0 Å². The summed E-state index contributed by atoms with van der Waals surface area (Å²) in [5.41, 5.74) is 2.31. The predicted octanol–water partition coefficient (Wildman–Crippen LogP) is 3.44. The van der Waals surface area contributed by atoms with E-state index in [0.29, 0.717) is 25.2 Å². The molecule has 0 spiro atoms. The van der Waals surface area contributed by atoms with E-state index in [9.17, 15) is 13.2 Å². The normalized spacial score (nSPS) is 11.6. The zero-order valence-corrected chi connectivity index (χ0v) is 17.4. The molecule has 0 aliphatic carbocycles. The largest absolute Gasteiger partial charge is 0.348 e. The molecule has 1 amide bonds. The van der Waals surface area contributed by atoms with Crippen LogP contribution < -0.4 is 5.32 Å². The summed E-state index contributed by atoms with van der Waals surface area (Å²) in [6.07, 6.45) is 3.84. The Morgan fingerprint density at radius 2 is 1.62 bits per heavy atom. The molecular weight excluding hydrogens is 386 g/mol. The molecule has 29 heavy (non-hydrogen) atoms. The Labute approximate surface area is 171 Å². The molecule has 0 saturated heterocycles. The minimum Gasteiger partial charge on any atom is -0.348 e. The highest BCUT2D eigenvalue weighted by Gasteiger charge is 2.21. The van der Waals surface area contributed by atoms with E-state index in [0.717, 1.165) is 11.3 Å². The quantitative estimate of drug-likeness (QED) is 0.617. The average molecular weight is 412 g/mol. The molecule has 1 N–H and O–H groups in total. The standard InChI is InChI=1S/C22H25N3O3S/c1-3-25(4-2)29(27,28)21-12-10-18(11-13-21)17-23-22(26)19-8-7-9-20(16-19)24-14-5-6-15-24/h5-16H,3-4,17H2,1-2H3,(H,23,26). The molecule has 3 aromatic rings. The zero-order chi connectivity index (χ0) is 20.9. The lowest BCUT2D eigenvalue weighted by molar-refractivity contribution is 0.0951. The molecule has 0 aliphatic heterocycles. The summed E-state index contributed by atoms with van der Waals surface area (Å²) >= 11 is 0. The number of carbonyl (C=O) groups excluding carboxylic acids is 1. The first-order valence-corrected chi connectivity index (χ1v) is 11.0. The topological polar surface area (TPSA) is 71.4 Å². The molecule has 0 aliphatic rings. The van der Waals surface area contributed by atoms with Gasteiger partial charge in [0.25, 0.3) is 5.91 Å². The molecule has 0 atom stereocenters. The van der Waals surface area contributed by atoms with E-state index in [2.05, 4.69) is 5.32 Å². The van der Waals surface area contributed by atoms with Gasteiger partial charge in [0.05, 0.1) is 4.90 Å². The molecule has 0 bridgehead atoms. The maximum atomic E-state index is 12.5. The van der Waals surface area contributed by atoms with Crippen molar-refractivity contribution in [3.8, 4) is 5.69 Å². The fourth-order valence-corrected chi connectivity index (χ4v) is 4.55. The van der Waals surface area contributed by atoms with E-state index in [1.807, 2.05) is 61.1 Å². The van der Waals surface area contributed by atoms with Crippen LogP contribution in [0.25, 0.3) is 5.69 Å². The average Bonchev–Trinajstić information content (AvgIpc) is 3.28. The van der Waals surface area contributed by atoms with Gasteiger partial charge in [0, 0.05) is 43.3 Å². The van der Waals surface area contributed by atoms with Crippen LogP contribution in [0.15, 0.2) is 78.0 Å². The molecule has 7 heteroatoms. The molecule has 0 unspecified atom stereocenters. The highest BCUT2D eigenvalue weighted by atomic mass is 32.2. The number of benzene rings is 2. The third-order valence-corrected chi connectivity index (χ3v) is 6.79. The summed E-state index contributed by atoms with van der Waals surface area (Å²) in [6, 6.07) is 17.9. The minimum atomic E-state index is -3.47. The van der Waals surface area contributed by atoms with E-state index < -0.39 is 10.0 Å². The van der Waals surface area contributed by atoms with E-state index in [1.54, 1.807) is 30.3 Å².